The lowest BCUT2D eigenvalue weighted by Crippen LogP contribution is -2.44. The summed E-state index contributed by atoms with van der Waals surface area (Å²) in [5, 5.41) is 0.134. The Labute approximate surface area is 111 Å². The fourth-order valence-corrected chi connectivity index (χ4v) is 2.44. The number of rotatable bonds is 4. The number of Topliss-reactive ketones (excluding diaryl/α,β-unsaturated/α-hetero) is 1. The SMILES string of the molecule is CCC(=O)c1ccccc1O[Si](C)(C)C(C)(C)C. The van der Waals surface area contributed by atoms with Crippen LogP contribution in [0.1, 0.15) is 44.5 Å². The van der Waals surface area contributed by atoms with Gasteiger partial charge in [0.2, 0.25) is 0 Å². The Hall–Kier alpha value is -1.09. The molecule has 0 aromatic heterocycles. The van der Waals surface area contributed by atoms with E-state index in [2.05, 4.69) is 33.9 Å². The van der Waals surface area contributed by atoms with Crippen LogP contribution in [0.25, 0.3) is 0 Å². The van der Waals surface area contributed by atoms with Crippen LogP contribution in [0.3, 0.4) is 0 Å². The fourth-order valence-electron chi connectivity index (χ4n) is 1.40. The van der Waals surface area contributed by atoms with E-state index >= 15 is 0 Å². The van der Waals surface area contributed by atoms with Crippen LogP contribution in [0.15, 0.2) is 24.3 Å². The topological polar surface area (TPSA) is 26.3 Å². The molecule has 100 valence electrons. The first-order valence-corrected chi connectivity index (χ1v) is 9.41. The van der Waals surface area contributed by atoms with Crippen LogP contribution in [0, 0.1) is 0 Å². The molecule has 0 heterocycles. The summed E-state index contributed by atoms with van der Waals surface area (Å²) in [6.45, 7) is 12.9. The number of hydrogen-bond donors (Lipinski definition) is 0. The average Bonchev–Trinajstić information content (AvgIpc) is 2.26. The summed E-state index contributed by atoms with van der Waals surface area (Å²) in [5.74, 6) is 0.889. The minimum absolute atomic E-state index is 0.134. The van der Waals surface area contributed by atoms with Crippen LogP contribution in [0.4, 0.5) is 0 Å². The van der Waals surface area contributed by atoms with Gasteiger partial charge in [-0.3, -0.25) is 4.79 Å². The van der Waals surface area contributed by atoms with Crippen molar-refractivity contribution < 1.29 is 9.22 Å². The predicted molar refractivity (Wildman–Crippen MR) is 78.9 cm³/mol. The van der Waals surface area contributed by atoms with Crippen LogP contribution >= 0.6 is 0 Å². The molecule has 3 heteroatoms. The van der Waals surface area contributed by atoms with Gasteiger partial charge in [-0.25, -0.2) is 0 Å². The summed E-state index contributed by atoms with van der Waals surface area (Å²) in [4.78, 5) is 11.9. The van der Waals surface area contributed by atoms with E-state index in [0.717, 1.165) is 5.75 Å². The van der Waals surface area contributed by atoms with Gasteiger partial charge in [-0.15, -0.1) is 0 Å². The number of para-hydroxylation sites is 1. The summed E-state index contributed by atoms with van der Waals surface area (Å²) in [7, 11) is -1.89. The third-order valence-corrected chi connectivity index (χ3v) is 8.02. The number of benzene rings is 1. The van der Waals surface area contributed by atoms with Gasteiger partial charge in [0.15, 0.2) is 5.78 Å². The van der Waals surface area contributed by atoms with Crippen LogP contribution in [0.5, 0.6) is 5.75 Å². The van der Waals surface area contributed by atoms with Gasteiger partial charge in [0.25, 0.3) is 8.32 Å². The standard InChI is InChI=1S/C15H24O2Si/c1-7-13(16)12-10-8-9-11-14(12)17-18(5,6)15(2,3)4/h8-11H,7H2,1-6H3. The Kier molecular flexibility index (Phi) is 4.38. The van der Waals surface area contributed by atoms with Gasteiger partial charge in [0.1, 0.15) is 5.75 Å². The zero-order chi connectivity index (χ0) is 14.0. The van der Waals surface area contributed by atoms with E-state index in [1.165, 1.54) is 0 Å². The maximum absolute atomic E-state index is 11.9. The first-order chi connectivity index (χ1) is 8.19. The van der Waals surface area contributed by atoms with Crippen molar-refractivity contribution in [1.29, 1.82) is 0 Å². The number of carbonyl (C=O) groups is 1. The Bertz CT molecular complexity index is 430. The van der Waals surface area contributed by atoms with Gasteiger partial charge in [0, 0.05) is 6.42 Å². The number of hydrogen-bond acceptors (Lipinski definition) is 2. The second-order valence-corrected chi connectivity index (χ2v) is 10.9. The average molecular weight is 264 g/mol. The van der Waals surface area contributed by atoms with Crippen LogP contribution in [0.2, 0.25) is 18.1 Å². The van der Waals surface area contributed by atoms with Gasteiger partial charge in [0.05, 0.1) is 5.56 Å². The monoisotopic (exact) mass is 264 g/mol. The molecule has 0 amide bonds. The molecule has 0 bridgehead atoms. The van der Waals surface area contributed by atoms with Gasteiger partial charge < -0.3 is 4.43 Å². The largest absolute Gasteiger partial charge is 0.543 e. The quantitative estimate of drug-likeness (QED) is 0.584. The third kappa shape index (κ3) is 3.22. The van der Waals surface area contributed by atoms with E-state index in [1.807, 2.05) is 31.2 Å². The second kappa shape index (κ2) is 5.27. The molecular weight excluding hydrogens is 240 g/mol. The molecular formula is C15H24O2Si. The minimum atomic E-state index is -1.89. The van der Waals surface area contributed by atoms with Crippen LogP contribution in [-0.4, -0.2) is 14.1 Å². The van der Waals surface area contributed by atoms with Crippen molar-refractivity contribution in [2.45, 2.75) is 52.2 Å². The maximum atomic E-state index is 11.9. The van der Waals surface area contributed by atoms with E-state index in [1.54, 1.807) is 0 Å². The van der Waals surface area contributed by atoms with Crippen molar-refractivity contribution in [3.63, 3.8) is 0 Å². The molecule has 0 saturated carbocycles. The minimum Gasteiger partial charge on any atom is -0.543 e. The Morgan fingerprint density at radius 1 is 1.22 bits per heavy atom. The molecule has 1 aromatic rings. The first-order valence-electron chi connectivity index (χ1n) is 6.50. The molecule has 0 fully saturated rings. The number of carbonyl (C=O) groups excluding carboxylic acids is 1. The highest BCUT2D eigenvalue weighted by Gasteiger charge is 2.39. The summed E-state index contributed by atoms with van der Waals surface area (Å²) in [5.41, 5.74) is 0.713. The molecule has 0 spiro atoms. The van der Waals surface area contributed by atoms with Crippen molar-refractivity contribution >= 4 is 14.1 Å². The molecule has 0 unspecified atom stereocenters. The lowest BCUT2D eigenvalue weighted by molar-refractivity contribution is 0.0986. The van der Waals surface area contributed by atoms with Crippen LogP contribution in [-0.2, 0) is 0 Å². The summed E-state index contributed by atoms with van der Waals surface area (Å²) >= 11 is 0. The summed E-state index contributed by atoms with van der Waals surface area (Å²) in [6, 6.07) is 7.58. The Morgan fingerprint density at radius 2 is 1.78 bits per heavy atom. The molecule has 0 aliphatic heterocycles. The van der Waals surface area contributed by atoms with Gasteiger partial charge in [-0.1, -0.05) is 39.8 Å². The molecule has 18 heavy (non-hydrogen) atoms. The lowest BCUT2D eigenvalue weighted by Gasteiger charge is -2.36. The van der Waals surface area contributed by atoms with Crippen molar-refractivity contribution in [2.75, 3.05) is 0 Å². The zero-order valence-corrected chi connectivity index (χ0v) is 13.3. The predicted octanol–water partition coefficient (Wildman–Crippen LogP) is 4.66. The summed E-state index contributed by atoms with van der Waals surface area (Å²) < 4.78 is 6.24. The lowest BCUT2D eigenvalue weighted by atomic mass is 10.1. The van der Waals surface area contributed by atoms with Crippen molar-refractivity contribution in [3.05, 3.63) is 29.8 Å². The molecule has 0 radical (unpaired) electrons. The van der Waals surface area contributed by atoms with Crippen molar-refractivity contribution in [1.82, 2.24) is 0 Å². The molecule has 0 saturated heterocycles. The van der Waals surface area contributed by atoms with E-state index in [4.69, 9.17) is 4.43 Å². The van der Waals surface area contributed by atoms with E-state index in [9.17, 15) is 4.79 Å². The van der Waals surface area contributed by atoms with E-state index in [-0.39, 0.29) is 10.8 Å². The Morgan fingerprint density at radius 3 is 2.28 bits per heavy atom. The highest BCUT2D eigenvalue weighted by molar-refractivity contribution is 6.74. The van der Waals surface area contributed by atoms with Crippen molar-refractivity contribution in [3.8, 4) is 5.75 Å². The van der Waals surface area contributed by atoms with Gasteiger partial charge in [-0.05, 0) is 30.3 Å². The van der Waals surface area contributed by atoms with E-state index in [0.29, 0.717) is 12.0 Å². The molecule has 1 aromatic carbocycles. The molecule has 0 aliphatic rings. The Balaban J connectivity index is 3.09. The highest BCUT2D eigenvalue weighted by atomic mass is 28.4. The van der Waals surface area contributed by atoms with E-state index < -0.39 is 8.32 Å². The molecule has 0 N–H and O–H groups in total. The first kappa shape index (κ1) is 15.0. The maximum Gasteiger partial charge on any atom is 0.250 e. The van der Waals surface area contributed by atoms with Crippen molar-refractivity contribution in [2.24, 2.45) is 0 Å². The molecule has 2 nitrogen and oxygen atoms in total. The smallest absolute Gasteiger partial charge is 0.250 e. The highest BCUT2D eigenvalue weighted by Crippen LogP contribution is 2.38. The summed E-state index contributed by atoms with van der Waals surface area (Å²) in [6.07, 6.45) is 0.512. The molecule has 1 rings (SSSR count). The second-order valence-electron chi connectivity index (χ2n) is 6.14. The normalized spacial score (nSPS) is 12.3. The van der Waals surface area contributed by atoms with Crippen LogP contribution < -0.4 is 4.43 Å². The number of ketones is 1. The molecule has 0 atom stereocenters. The van der Waals surface area contributed by atoms with Gasteiger partial charge in [-0.2, -0.15) is 0 Å². The fraction of sp³-hybridized carbons (Fsp3) is 0.533. The van der Waals surface area contributed by atoms with Gasteiger partial charge >= 0.3 is 0 Å². The zero-order valence-electron chi connectivity index (χ0n) is 12.3. The third-order valence-electron chi connectivity index (χ3n) is 3.68. The molecule has 0 aliphatic carbocycles.